The van der Waals surface area contributed by atoms with Crippen molar-refractivity contribution in [2.45, 2.75) is 83.6 Å². The molecule has 5 rings (SSSR count). The summed E-state index contributed by atoms with van der Waals surface area (Å²) in [4.78, 5) is 25.2. The van der Waals surface area contributed by atoms with Crippen molar-refractivity contribution >= 4 is 21.7 Å². The monoisotopic (exact) mass is 484 g/mol. The first-order chi connectivity index (χ1) is 16.0. The maximum Gasteiger partial charge on any atom is 0.297 e. The van der Waals surface area contributed by atoms with Gasteiger partial charge in [0.05, 0.1) is 11.0 Å². The molecular weight excluding hydrogens is 448 g/mol. The molecule has 0 spiro atoms. The van der Waals surface area contributed by atoms with Crippen LogP contribution in [0.25, 0.3) is 0 Å². The molecule has 34 heavy (non-hydrogen) atoms. The summed E-state index contributed by atoms with van der Waals surface area (Å²) in [5.41, 5.74) is 1.56. The molecule has 0 heterocycles. The smallest absolute Gasteiger partial charge is 0.297 e. The number of ketones is 2. The van der Waals surface area contributed by atoms with Gasteiger partial charge in [0.15, 0.2) is 5.78 Å². The van der Waals surface area contributed by atoms with Gasteiger partial charge in [0.1, 0.15) is 5.78 Å². The van der Waals surface area contributed by atoms with Gasteiger partial charge in [-0.1, -0.05) is 37.1 Å². The summed E-state index contributed by atoms with van der Waals surface area (Å²) in [6, 6.07) is 6.67. The molecule has 0 aliphatic heterocycles. The van der Waals surface area contributed by atoms with Gasteiger partial charge in [-0.15, -0.1) is 0 Å². The molecule has 4 aliphatic rings. The standard InChI is InChI=1S/C28H36O5S/c1-17-5-8-21(9-6-17)34(31,32)33-26-16-20(30)15-19-7-10-22-24-12-11-23(18(2)29)27(24,3)14-13-25(22)28(19,26)4/h5-6,8-9,15,22-26H,7,10-14,16H2,1-4H3/t22-,23+,24-,25-,26-,27+,28-/m0/s1. The van der Waals surface area contributed by atoms with E-state index >= 15 is 0 Å². The molecule has 6 heteroatoms. The number of rotatable bonds is 4. The molecule has 7 atom stereocenters. The third-order valence-corrected chi connectivity index (χ3v) is 11.4. The van der Waals surface area contributed by atoms with Gasteiger partial charge in [-0.25, -0.2) is 0 Å². The minimum absolute atomic E-state index is 0.0272. The van der Waals surface area contributed by atoms with Gasteiger partial charge in [-0.2, -0.15) is 8.42 Å². The fourth-order valence-corrected chi connectivity index (χ4v) is 9.45. The van der Waals surface area contributed by atoms with Crippen LogP contribution < -0.4 is 0 Å². The van der Waals surface area contributed by atoms with E-state index < -0.39 is 21.6 Å². The quantitative estimate of drug-likeness (QED) is 0.534. The van der Waals surface area contributed by atoms with Crippen LogP contribution in [0.5, 0.6) is 0 Å². The van der Waals surface area contributed by atoms with Gasteiger partial charge in [0.25, 0.3) is 10.1 Å². The van der Waals surface area contributed by atoms with Crippen LogP contribution in [0.4, 0.5) is 0 Å². The van der Waals surface area contributed by atoms with Crippen molar-refractivity contribution in [3.8, 4) is 0 Å². The number of fused-ring (bicyclic) bond motifs is 5. The van der Waals surface area contributed by atoms with E-state index in [1.54, 1.807) is 37.3 Å². The fraction of sp³-hybridized carbons (Fsp3) is 0.643. The molecule has 1 aromatic carbocycles. The lowest BCUT2D eigenvalue weighted by Gasteiger charge is -2.59. The molecule has 0 amide bonds. The van der Waals surface area contributed by atoms with Crippen LogP contribution in [0.2, 0.25) is 0 Å². The number of hydrogen-bond acceptors (Lipinski definition) is 5. The summed E-state index contributed by atoms with van der Waals surface area (Å²) in [6.45, 7) is 8.09. The Morgan fingerprint density at radius 1 is 1.03 bits per heavy atom. The number of carbonyl (C=O) groups excluding carboxylic acids is 2. The van der Waals surface area contributed by atoms with Crippen molar-refractivity contribution in [2.75, 3.05) is 0 Å². The second-order valence-corrected chi connectivity index (χ2v) is 13.2. The molecule has 0 bridgehead atoms. The summed E-state index contributed by atoms with van der Waals surface area (Å²) in [5, 5.41) is 0. The largest absolute Gasteiger partial charge is 0.300 e. The van der Waals surface area contributed by atoms with Gasteiger partial charge >= 0.3 is 0 Å². The first-order valence-corrected chi connectivity index (χ1v) is 14.1. The van der Waals surface area contributed by atoms with Crippen LogP contribution in [-0.2, 0) is 23.9 Å². The average Bonchev–Trinajstić information content (AvgIpc) is 3.12. The lowest BCUT2D eigenvalue weighted by Crippen LogP contribution is -2.56. The summed E-state index contributed by atoms with van der Waals surface area (Å²) in [7, 11) is -4.00. The highest BCUT2D eigenvalue weighted by molar-refractivity contribution is 7.86. The molecule has 0 radical (unpaired) electrons. The Morgan fingerprint density at radius 2 is 1.74 bits per heavy atom. The molecule has 184 valence electrons. The molecule has 4 aliphatic carbocycles. The van der Waals surface area contributed by atoms with E-state index in [1.165, 1.54) is 0 Å². The van der Waals surface area contributed by atoms with Gasteiger partial charge in [-0.3, -0.25) is 13.8 Å². The maximum absolute atomic E-state index is 13.3. The van der Waals surface area contributed by atoms with E-state index in [1.807, 2.05) is 6.92 Å². The normalized spacial score (nSPS) is 39.6. The van der Waals surface area contributed by atoms with E-state index in [-0.39, 0.29) is 34.4 Å². The van der Waals surface area contributed by atoms with Crippen molar-refractivity contribution in [3.05, 3.63) is 41.5 Å². The number of Topliss-reactive ketones (excluding diaryl/α,β-unsaturated/α-hetero) is 1. The van der Waals surface area contributed by atoms with Gasteiger partial charge in [0, 0.05) is 17.8 Å². The molecule has 3 saturated carbocycles. The van der Waals surface area contributed by atoms with E-state index in [9.17, 15) is 18.0 Å². The summed E-state index contributed by atoms with van der Waals surface area (Å²) in [6.07, 6.45) is 6.89. The van der Waals surface area contributed by atoms with Crippen molar-refractivity contribution < 1.29 is 22.2 Å². The van der Waals surface area contributed by atoms with E-state index in [2.05, 4.69) is 13.8 Å². The van der Waals surface area contributed by atoms with Crippen molar-refractivity contribution in [2.24, 2.45) is 34.5 Å². The SMILES string of the molecule is CC(=O)[C@H]1CC[C@H]2[C@@H]3CCC4=CC(=O)C[C@H](OS(=O)(=O)c5ccc(C)cc5)[C@]4(C)[C@H]3CC[C@]12C. The van der Waals surface area contributed by atoms with Crippen LogP contribution in [0, 0.1) is 41.4 Å². The van der Waals surface area contributed by atoms with Crippen molar-refractivity contribution in [1.82, 2.24) is 0 Å². The van der Waals surface area contributed by atoms with E-state index in [0.717, 1.165) is 49.7 Å². The molecule has 0 N–H and O–H groups in total. The zero-order valence-electron chi connectivity index (χ0n) is 20.7. The fourth-order valence-electron chi connectivity index (χ4n) is 8.30. The molecular formula is C28H36O5S. The topological polar surface area (TPSA) is 77.5 Å². The van der Waals surface area contributed by atoms with Crippen LogP contribution >= 0.6 is 0 Å². The van der Waals surface area contributed by atoms with Crippen molar-refractivity contribution in [3.63, 3.8) is 0 Å². The lowest BCUT2D eigenvalue weighted by molar-refractivity contribution is -0.132. The highest BCUT2D eigenvalue weighted by Crippen LogP contribution is 2.67. The second-order valence-electron chi connectivity index (χ2n) is 11.7. The lowest BCUT2D eigenvalue weighted by atomic mass is 9.46. The minimum Gasteiger partial charge on any atom is -0.300 e. The minimum atomic E-state index is -4.00. The zero-order chi connectivity index (χ0) is 24.5. The second kappa shape index (κ2) is 8.12. The molecule has 1 aromatic rings. The number of benzene rings is 1. The summed E-state index contributed by atoms with van der Waals surface area (Å²) in [5.74, 6) is 1.53. The van der Waals surface area contributed by atoms with E-state index in [0.29, 0.717) is 17.6 Å². The number of carbonyl (C=O) groups is 2. The first-order valence-electron chi connectivity index (χ1n) is 12.7. The zero-order valence-corrected chi connectivity index (χ0v) is 21.5. The average molecular weight is 485 g/mol. The van der Waals surface area contributed by atoms with Gasteiger partial charge in [-0.05, 0) is 93.7 Å². The predicted octanol–water partition coefficient (Wildman–Crippen LogP) is 5.42. The number of hydrogen-bond donors (Lipinski definition) is 0. The molecule has 0 unspecified atom stereocenters. The van der Waals surface area contributed by atoms with Crippen LogP contribution in [0.3, 0.4) is 0 Å². The molecule has 0 saturated heterocycles. The number of aryl methyl sites for hydroxylation is 1. The Bertz CT molecular complexity index is 1150. The highest BCUT2D eigenvalue weighted by Gasteiger charge is 2.62. The van der Waals surface area contributed by atoms with Gasteiger partial charge < -0.3 is 0 Å². The van der Waals surface area contributed by atoms with Crippen LogP contribution in [0.15, 0.2) is 40.8 Å². The predicted molar refractivity (Wildman–Crippen MR) is 130 cm³/mol. The third kappa shape index (κ3) is 3.55. The highest BCUT2D eigenvalue weighted by atomic mass is 32.2. The van der Waals surface area contributed by atoms with Crippen molar-refractivity contribution in [1.29, 1.82) is 0 Å². The Hall–Kier alpha value is -1.79. The molecule has 3 fully saturated rings. The molecule has 5 nitrogen and oxygen atoms in total. The maximum atomic E-state index is 13.3. The van der Waals surface area contributed by atoms with Gasteiger partial charge in [0.2, 0.25) is 0 Å². The Labute approximate surface area is 203 Å². The summed E-state index contributed by atoms with van der Waals surface area (Å²) < 4.78 is 32.5. The third-order valence-electron chi connectivity index (χ3n) is 10.1. The van der Waals surface area contributed by atoms with Crippen LogP contribution in [0.1, 0.15) is 71.3 Å². The first kappa shape index (κ1) is 23.9. The Balaban J connectivity index is 1.49. The Kier molecular flexibility index (Phi) is 5.72. The van der Waals surface area contributed by atoms with Crippen LogP contribution in [-0.4, -0.2) is 26.1 Å². The Morgan fingerprint density at radius 3 is 2.41 bits per heavy atom. The molecule has 0 aromatic heterocycles. The summed E-state index contributed by atoms with van der Waals surface area (Å²) >= 11 is 0. The van der Waals surface area contributed by atoms with E-state index in [4.69, 9.17) is 4.18 Å².